The highest BCUT2D eigenvalue weighted by Gasteiger charge is 2.28. The van der Waals surface area contributed by atoms with Crippen LogP contribution in [-0.4, -0.2) is 17.2 Å². The van der Waals surface area contributed by atoms with E-state index in [2.05, 4.69) is 5.32 Å². The van der Waals surface area contributed by atoms with E-state index in [-0.39, 0.29) is 28.3 Å². The van der Waals surface area contributed by atoms with E-state index in [4.69, 9.17) is 5.73 Å². The molecule has 0 saturated heterocycles. The molecule has 1 heterocycles. The van der Waals surface area contributed by atoms with Crippen LogP contribution in [0.5, 0.6) is 0 Å². The molecule has 0 saturated carbocycles. The number of benzene rings is 2. The Morgan fingerprint density at radius 1 is 1.16 bits per heavy atom. The maximum absolute atomic E-state index is 13.7. The summed E-state index contributed by atoms with van der Waals surface area (Å²) in [5.41, 5.74) is 7.62. The van der Waals surface area contributed by atoms with Crippen molar-refractivity contribution in [1.29, 1.82) is 0 Å². The van der Waals surface area contributed by atoms with Crippen molar-refractivity contribution in [2.24, 2.45) is 5.73 Å². The second-order valence-electron chi connectivity index (χ2n) is 6.82. The summed E-state index contributed by atoms with van der Waals surface area (Å²) in [6, 6.07) is 11.0. The van der Waals surface area contributed by atoms with Crippen LogP contribution in [0.3, 0.4) is 0 Å². The van der Waals surface area contributed by atoms with Gasteiger partial charge < -0.3 is 11.1 Å². The molecule has 0 unspecified atom stereocenters. The van der Waals surface area contributed by atoms with E-state index in [0.29, 0.717) is 17.7 Å². The van der Waals surface area contributed by atoms with Crippen molar-refractivity contribution in [3.05, 3.63) is 76.6 Å². The van der Waals surface area contributed by atoms with Crippen molar-refractivity contribution in [3.63, 3.8) is 0 Å². The first-order valence-corrected chi connectivity index (χ1v) is 7.99. The standard InChI is InChI=1S/C20H19FN2O2/c1-20(2)11-12-7-8-13(21)9-16(12)17(23-20)10-18(24)14-5-3-4-6-15(14)19(22)25/h3-10,23H,11H2,1-2H3,(H2,22,25)/b17-10-. The Kier molecular flexibility index (Phi) is 4.17. The molecule has 0 aliphatic carbocycles. The number of amides is 1. The summed E-state index contributed by atoms with van der Waals surface area (Å²) >= 11 is 0. The van der Waals surface area contributed by atoms with Crippen LogP contribution in [0.25, 0.3) is 5.70 Å². The molecule has 3 rings (SSSR count). The van der Waals surface area contributed by atoms with Gasteiger partial charge in [-0.1, -0.05) is 24.3 Å². The Morgan fingerprint density at radius 3 is 2.52 bits per heavy atom. The van der Waals surface area contributed by atoms with Crippen molar-refractivity contribution in [2.45, 2.75) is 25.8 Å². The average molecular weight is 338 g/mol. The molecule has 3 N–H and O–H groups in total. The lowest BCUT2D eigenvalue weighted by atomic mass is 9.85. The predicted octanol–water partition coefficient (Wildman–Crippen LogP) is 3.07. The van der Waals surface area contributed by atoms with Crippen LogP contribution >= 0.6 is 0 Å². The third-order valence-electron chi connectivity index (χ3n) is 4.20. The number of nitrogens with two attached hydrogens (primary N) is 1. The summed E-state index contributed by atoms with van der Waals surface area (Å²) in [7, 11) is 0. The van der Waals surface area contributed by atoms with Gasteiger partial charge in [0.25, 0.3) is 0 Å². The highest BCUT2D eigenvalue weighted by molar-refractivity contribution is 6.14. The first kappa shape index (κ1) is 16.9. The molecule has 1 aliphatic rings. The number of fused-ring (bicyclic) bond motifs is 1. The second kappa shape index (κ2) is 6.16. The lowest BCUT2D eigenvalue weighted by molar-refractivity contribution is 0.0983. The highest BCUT2D eigenvalue weighted by Crippen LogP contribution is 2.30. The van der Waals surface area contributed by atoms with Crippen LogP contribution in [0.1, 0.15) is 45.7 Å². The van der Waals surface area contributed by atoms with Crippen LogP contribution in [-0.2, 0) is 6.42 Å². The smallest absolute Gasteiger partial charge is 0.249 e. The van der Waals surface area contributed by atoms with Gasteiger partial charge in [0.1, 0.15) is 5.82 Å². The topological polar surface area (TPSA) is 72.2 Å². The van der Waals surface area contributed by atoms with E-state index in [9.17, 15) is 14.0 Å². The van der Waals surface area contributed by atoms with E-state index in [1.165, 1.54) is 24.3 Å². The number of hydrogen-bond acceptors (Lipinski definition) is 3. The molecular weight excluding hydrogens is 319 g/mol. The fourth-order valence-electron chi connectivity index (χ4n) is 3.14. The van der Waals surface area contributed by atoms with E-state index in [1.54, 1.807) is 24.3 Å². The molecule has 0 aromatic heterocycles. The molecule has 0 spiro atoms. The minimum absolute atomic E-state index is 0.166. The zero-order chi connectivity index (χ0) is 18.2. The lowest BCUT2D eigenvalue weighted by Gasteiger charge is -2.35. The third-order valence-corrected chi connectivity index (χ3v) is 4.20. The van der Waals surface area contributed by atoms with Crippen molar-refractivity contribution < 1.29 is 14.0 Å². The van der Waals surface area contributed by atoms with Gasteiger partial charge in [0.15, 0.2) is 5.78 Å². The molecule has 2 aromatic rings. The number of ketones is 1. The van der Waals surface area contributed by atoms with E-state index >= 15 is 0 Å². The summed E-state index contributed by atoms with van der Waals surface area (Å²) < 4.78 is 13.7. The van der Waals surface area contributed by atoms with E-state index < -0.39 is 5.91 Å². The molecular formula is C20H19FN2O2. The molecule has 1 aliphatic heterocycles. The number of halogens is 1. The summed E-state index contributed by atoms with van der Waals surface area (Å²) in [5, 5.41) is 3.28. The molecule has 0 atom stereocenters. The highest BCUT2D eigenvalue weighted by atomic mass is 19.1. The van der Waals surface area contributed by atoms with Crippen molar-refractivity contribution in [1.82, 2.24) is 5.32 Å². The Bertz CT molecular complexity index is 900. The van der Waals surface area contributed by atoms with Gasteiger partial charge in [-0.25, -0.2) is 4.39 Å². The van der Waals surface area contributed by atoms with Crippen molar-refractivity contribution in [3.8, 4) is 0 Å². The fourth-order valence-corrected chi connectivity index (χ4v) is 3.14. The van der Waals surface area contributed by atoms with Crippen LogP contribution in [0, 0.1) is 5.82 Å². The van der Waals surface area contributed by atoms with Gasteiger partial charge >= 0.3 is 0 Å². The number of nitrogens with one attached hydrogen (secondary N) is 1. The van der Waals surface area contributed by atoms with Crippen molar-refractivity contribution >= 4 is 17.4 Å². The van der Waals surface area contributed by atoms with Crippen molar-refractivity contribution in [2.75, 3.05) is 0 Å². The lowest BCUT2D eigenvalue weighted by Crippen LogP contribution is -2.43. The Hall–Kier alpha value is -2.95. The van der Waals surface area contributed by atoms with Crippen LogP contribution in [0.15, 0.2) is 48.5 Å². The number of carbonyl (C=O) groups is 2. The molecule has 2 aromatic carbocycles. The number of hydrogen-bond donors (Lipinski definition) is 2. The number of carbonyl (C=O) groups excluding carboxylic acids is 2. The maximum Gasteiger partial charge on any atom is 0.249 e. The van der Waals surface area contributed by atoms with E-state index in [0.717, 1.165) is 5.56 Å². The van der Waals surface area contributed by atoms with Gasteiger partial charge in [-0.2, -0.15) is 0 Å². The third kappa shape index (κ3) is 3.45. The van der Waals surface area contributed by atoms with Gasteiger partial charge in [-0.3, -0.25) is 9.59 Å². The minimum Gasteiger partial charge on any atom is -0.379 e. The fraction of sp³-hybridized carbons (Fsp3) is 0.200. The first-order chi connectivity index (χ1) is 11.8. The van der Waals surface area contributed by atoms with Gasteiger partial charge in [0.05, 0.1) is 5.56 Å². The SMILES string of the molecule is CC1(C)Cc2ccc(F)cc2/C(=C/C(=O)c2ccccc2C(N)=O)N1. The molecule has 4 nitrogen and oxygen atoms in total. The summed E-state index contributed by atoms with van der Waals surface area (Å²) in [5.74, 6) is -1.38. The zero-order valence-corrected chi connectivity index (χ0v) is 14.1. The van der Waals surface area contributed by atoms with Crippen LogP contribution in [0.2, 0.25) is 0 Å². The number of allylic oxidation sites excluding steroid dienone is 1. The van der Waals surface area contributed by atoms with Gasteiger partial charge in [-0.05, 0) is 44.0 Å². The van der Waals surface area contributed by atoms with E-state index in [1.807, 2.05) is 13.8 Å². The normalized spacial score (nSPS) is 16.8. The van der Waals surface area contributed by atoms with Crippen LogP contribution in [0.4, 0.5) is 4.39 Å². The molecule has 0 fully saturated rings. The summed E-state index contributed by atoms with van der Waals surface area (Å²) in [4.78, 5) is 24.3. The van der Waals surface area contributed by atoms with Gasteiger partial charge in [0, 0.05) is 28.4 Å². The second-order valence-corrected chi connectivity index (χ2v) is 6.82. The molecule has 25 heavy (non-hydrogen) atoms. The predicted molar refractivity (Wildman–Crippen MR) is 94.6 cm³/mol. The number of primary amides is 1. The Balaban J connectivity index is 2.08. The zero-order valence-electron chi connectivity index (χ0n) is 14.1. The minimum atomic E-state index is -0.661. The summed E-state index contributed by atoms with van der Waals surface area (Å²) in [6.07, 6.45) is 2.12. The average Bonchev–Trinajstić information content (AvgIpc) is 2.54. The van der Waals surface area contributed by atoms with Gasteiger partial charge in [0.2, 0.25) is 5.91 Å². The Morgan fingerprint density at radius 2 is 1.84 bits per heavy atom. The maximum atomic E-state index is 13.7. The largest absolute Gasteiger partial charge is 0.379 e. The molecule has 0 bridgehead atoms. The monoisotopic (exact) mass is 338 g/mol. The molecule has 128 valence electrons. The molecule has 5 heteroatoms. The van der Waals surface area contributed by atoms with Crippen LogP contribution < -0.4 is 11.1 Å². The van der Waals surface area contributed by atoms with Gasteiger partial charge in [-0.15, -0.1) is 0 Å². The molecule has 1 amide bonds. The first-order valence-electron chi connectivity index (χ1n) is 7.99. The Labute approximate surface area is 145 Å². The molecule has 0 radical (unpaired) electrons. The summed E-state index contributed by atoms with van der Waals surface area (Å²) in [6.45, 7) is 4.02. The number of rotatable bonds is 3. The quantitative estimate of drug-likeness (QED) is 0.667.